The van der Waals surface area contributed by atoms with E-state index in [9.17, 15) is 0 Å². The van der Waals surface area contributed by atoms with Crippen molar-refractivity contribution in [1.82, 2.24) is 0 Å². The molecule has 0 unspecified atom stereocenters. The van der Waals surface area contributed by atoms with Crippen LogP contribution >= 0.6 is 28.6 Å². The van der Waals surface area contributed by atoms with Crippen molar-refractivity contribution >= 4 is 34.2 Å². The molecular formula is C11H15BrN2S. The Balaban J connectivity index is 2.81. The summed E-state index contributed by atoms with van der Waals surface area (Å²) in [7, 11) is 0. The van der Waals surface area contributed by atoms with Gasteiger partial charge in [-0.15, -0.1) is 0 Å². The highest BCUT2D eigenvalue weighted by Gasteiger charge is 2.10. The van der Waals surface area contributed by atoms with Gasteiger partial charge in [-0.05, 0) is 48.3 Å². The first-order valence-corrected chi connectivity index (χ1v) is 5.99. The Morgan fingerprint density at radius 1 is 1.40 bits per heavy atom. The highest BCUT2D eigenvalue weighted by atomic mass is 79.9. The molecule has 0 amide bonds. The normalized spacial score (nSPS) is 12.3. The molecule has 82 valence electrons. The number of aryl methyl sites for hydroxylation is 1. The summed E-state index contributed by atoms with van der Waals surface area (Å²) in [5, 5.41) is 8.37. The minimum absolute atomic E-state index is 0.112. The molecule has 0 saturated carbocycles. The lowest BCUT2D eigenvalue weighted by Gasteiger charge is -2.12. The van der Waals surface area contributed by atoms with E-state index >= 15 is 0 Å². The van der Waals surface area contributed by atoms with E-state index in [1.807, 2.05) is 39.0 Å². The van der Waals surface area contributed by atoms with Gasteiger partial charge in [-0.3, -0.25) is 0 Å². The van der Waals surface area contributed by atoms with Crippen molar-refractivity contribution in [2.45, 2.75) is 25.5 Å². The minimum Gasteiger partial charge on any atom is -0.187 e. The SMILES string of the molecule is Cc1cccc(Br)c1N=NCC(C)(C)S. The van der Waals surface area contributed by atoms with Crippen molar-refractivity contribution < 1.29 is 0 Å². The minimum atomic E-state index is -0.112. The van der Waals surface area contributed by atoms with Gasteiger partial charge in [0.1, 0.15) is 5.69 Å². The van der Waals surface area contributed by atoms with Crippen LogP contribution in [0, 0.1) is 6.92 Å². The van der Waals surface area contributed by atoms with E-state index in [2.05, 4.69) is 38.8 Å². The second-order valence-electron chi connectivity index (χ2n) is 4.12. The lowest BCUT2D eigenvalue weighted by molar-refractivity contribution is 0.708. The van der Waals surface area contributed by atoms with E-state index in [0.29, 0.717) is 6.54 Å². The van der Waals surface area contributed by atoms with Crippen molar-refractivity contribution in [3.05, 3.63) is 28.2 Å². The fourth-order valence-electron chi connectivity index (χ4n) is 1.03. The third-order valence-corrected chi connectivity index (χ3v) is 2.60. The lowest BCUT2D eigenvalue weighted by atomic mass is 10.2. The highest BCUT2D eigenvalue weighted by Crippen LogP contribution is 2.29. The first-order chi connectivity index (χ1) is 6.90. The molecule has 0 saturated heterocycles. The van der Waals surface area contributed by atoms with E-state index in [0.717, 1.165) is 15.7 Å². The fraction of sp³-hybridized carbons (Fsp3) is 0.455. The van der Waals surface area contributed by atoms with E-state index in [-0.39, 0.29) is 4.75 Å². The topological polar surface area (TPSA) is 24.7 Å². The Morgan fingerprint density at radius 3 is 2.60 bits per heavy atom. The number of azo groups is 1. The number of thiol groups is 1. The van der Waals surface area contributed by atoms with E-state index < -0.39 is 0 Å². The second kappa shape index (κ2) is 5.12. The van der Waals surface area contributed by atoms with Gasteiger partial charge in [-0.25, -0.2) is 0 Å². The van der Waals surface area contributed by atoms with Crippen LogP contribution in [0.1, 0.15) is 19.4 Å². The van der Waals surface area contributed by atoms with Crippen LogP contribution < -0.4 is 0 Å². The summed E-state index contributed by atoms with van der Waals surface area (Å²) < 4.78 is 0.863. The van der Waals surface area contributed by atoms with Gasteiger partial charge in [-0.1, -0.05) is 12.1 Å². The van der Waals surface area contributed by atoms with Crippen LogP contribution in [0.25, 0.3) is 0 Å². The molecule has 0 aromatic heterocycles. The number of hydrogen-bond donors (Lipinski definition) is 1. The largest absolute Gasteiger partial charge is 0.187 e. The Labute approximate surface area is 105 Å². The molecule has 0 fully saturated rings. The maximum atomic E-state index is 4.39. The summed E-state index contributed by atoms with van der Waals surface area (Å²) in [5.74, 6) is 0. The third-order valence-electron chi connectivity index (χ3n) is 1.82. The number of nitrogens with zero attached hydrogens (tertiary/aromatic N) is 2. The van der Waals surface area contributed by atoms with Gasteiger partial charge in [0.05, 0.1) is 6.54 Å². The molecule has 1 rings (SSSR count). The van der Waals surface area contributed by atoms with Gasteiger partial charge < -0.3 is 0 Å². The molecule has 0 N–H and O–H groups in total. The standard InChI is InChI=1S/C11H15BrN2S/c1-8-5-4-6-9(12)10(8)14-13-7-11(2,3)15/h4-6,15H,7H2,1-3H3. The third kappa shape index (κ3) is 4.34. The first-order valence-electron chi connectivity index (χ1n) is 4.75. The Morgan fingerprint density at radius 2 is 2.07 bits per heavy atom. The molecule has 0 aliphatic rings. The monoisotopic (exact) mass is 286 g/mol. The van der Waals surface area contributed by atoms with Crippen LogP contribution in [-0.2, 0) is 0 Å². The average Bonchev–Trinajstić information content (AvgIpc) is 2.08. The average molecular weight is 287 g/mol. The second-order valence-corrected chi connectivity index (χ2v) is 6.18. The quantitative estimate of drug-likeness (QED) is 0.623. The van der Waals surface area contributed by atoms with Crippen molar-refractivity contribution in [2.75, 3.05) is 6.54 Å². The Kier molecular flexibility index (Phi) is 4.34. The summed E-state index contributed by atoms with van der Waals surface area (Å²) in [6.45, 7) is 6.66. The lowest BCUT2D eigenvalue weighted by Crippen LogP contribution is -2.13. The zero-order valence-corrected chi connectivity index (χ0v) is 11.6. The maximum absolute atomic E-state index is 4.39. The van der Waals surface area contributed by atoms with Crippen LogP contribution in [0.4, 0.5) is 5.69 Å². The molecule has 0 radical (unpaired) electrons. The fourth-order valence-corrected chi connectivity index (χ4v) is 1.64. The molecular weight excluding hydrogens is 272 g/mol. The molecule has 4 heteroatoms. The van der Waals surface area contributed by atoms with Crippen molar-refractivity contribution in [2.24, 2.45) is 10.2 Å². The zero-order chi connectivity index (χ0) is 11.5. The molecule has 0 aliphatic carbocycles. The molecule has 0 atom stereocenters. The maximum Gasteiger partial charge on any atom is 0.102 e. The van der Waals surface area contributed by atoms with Gasteiger partial charge >= 0.3 is 0 Å². The molecule has 0 spiro atoms. The summed E-state index contributed by atoms with van der Waals surface area (Å²) in [6.07, 6.45) is 0. The van der Waals surface area contributed by atoms with Crippen LogP contribution in [0.3, 0.4) is 0 Å². The van der Waals surface area contributed by atoms with Gasteiger partial charge in [0.15, 0.2) is 0 Å². The molecule has 1 aromatic rings. The summed E-state index contributed by atoms with van der Waals surface area (Å²) in [6, 6.07) is 5.97. The van der Waals surface area contributed by atoms with E-state index in [1.54, 1.807) is 0 Å². The van der Waals surface area contributed by atoms with E-state index in [1.165, 1.54) is 0 Å². The van der Waals surface area contributed by atoms with E-state index in [4.69, 9.17) is 0 Å². The van der Waals surface area contributed by atoms with Crippen LogP contribution in [0.5, 0.6) is 0 Å². The van der Waals surface area contributed by atoms with Crippen molar-refractivity contribution in [3.8, 4) is 0 Å². The van der Waals surface area contributed by atoms with Crippen molar-refractivity contribution in [3.63, 3.8) is 0 Å². The van der Waals surface area contributed by atoms with Gasteiger partial charge in [0.25, 0.3) is 0 Å². The Hall–Kier alpha value is -0.350. The predicted octanol–water partition coefficient (Wildman–Crippen LogP) is 4.55. The van der Waals surface area contributed by atoms with Crippen molar-refractivity contribution in [1.29, 1.82) is 0 Å². The summed E-state index contributed by atoms with van der Waals surface area (Å²) >= 11 is 7.84. The number of rotatable bonds is 3. The zero-order valence-electron chi connectivity index (χ0n) is 9.16. The van der Waals surface area contributed by atoms with Gasteiger partial charge in [0, 0.05) is 9.22 Å². The molecule has 2 nitrogen and oxygen atoms in total. The van der Waals surface area contributed by atoms with Gasteiger partial charge in [0.2, 0.25) is 0 Å². The molecule has 0 heterocycles. The molecule has 0 bridgehead atoms. The predicted molar refractivity (Wildman–Crippen MR) is 71.3 cm³/mol. The highest BCUT2D eigenvalue weighted by molar-refractivity contribution is 9.10. The molecule has 15 heavy (non-hydrogen) atoms. The molecule has 1 aromatic carbocycles. The number of benzene rings is 1. The smallest absolute Gasteiger partial charge is 0.102 e. The first kappa shape index (κ1) is 12.7. The van der Waals surface area contributed by atoms with Crippen LogP contribution in [0.2, 0.25) is 0 Å². The number of halogens is 1. The summed E-state index contributed by atoms with van der Waals surface area (Å²) in [5.41, 5.74) is 2.01. The summed E-state index contributed by atoms with van der Waals surface area (Å²) in [4.78, 5) is 0. The van der Waals surface area contributed by atoms with Crippen LogP contribution in [-0.4, -0.2) is 11.3 Å². The number of hydrogen-bond acceptors (Lipinski definition) is 3. The Bertz CT molecular complexity index is 349. The molecule has 0 aliphatic heterocycles. The van der Waals surface area contributed by atoms with Crippen LogP contribution in [0.15, 0.2) is 32.9 Å². The van der Waals surface area contributed by atoms with Gasteiger partial charge in [-0.2, -0.15) is 22.9 Å².